The first-order valence-electron chi connectivity index (χ1n) is 9.79. The number of carbonyl (C=O) groups is 1. The maximum atomic E-state index is 12.3. The van der Waals surface area contributed by atoms with Gasteiger partial charge < -0.3 is 24.8 Å². The lowest BCUT2D eigenvalue weighted by molar-refractivity contribution is -0.114. The number of ether oxygens (including phenoxy) is 3. The second kappa shape index (κ2) is 12.6. The Morgan fingerprint density at radius 2 is 1.82 bits per heavy atom. The number of rotatable bonds is 13. The van der Waals surface area contributed by atoms with Crippen molar-refractivity contribution in [3.63, 3.8) is 0 Å². The van der Waals surface area contributed by atoms with Gasteiger partial charge in [0.2, 0.25) is 5.91 Å². The molecule has 28 heavy (non-hydrogen) atoms. The fourth-order valence-electron chi connectivity index (χ4n) is 2.46. The lowest BCUT2D eigenvalue weighted by Crippen LogP contribution is -2.22. The van der Waals surface area contributed by atoms with Crippen molar-refractivity contribution in [2.45, 2.75) is 26.7 Å². The summed E-state index contributed by atoms with van der Waals surface area (Å²) in [5.74, 6) is 1.28. The second-order valence-electron chi connectivity index (χ2n) is 6.17. The van der Waals surface area contributed by atoms with Crippen LogP contribution in [0.5, 0.6) is 11.5 Å². The van der Waals surface area contributed by atoms with Crippen LogP contribution in [-0.4, -0.2) is 38.9 Å². The van der Waals surface area contributed by atoms with Gasteiger partial charge in [-0.2, -0.15) is 0 Å². The van der Waals surface area contributed by atoms with Crippen LogP contribution in [0.4, 0.5) is 11.4 Å². The summed E-state index contributed by atoms with van der Waals surface area (Å²) in [5.41, 5.74) is 1.50. The molecule has 0 saturated heterocycles. The molecule has 2 rings (SSSR count). The summed E-state index contributed by atoms with van der Waals surface area (Å²) in [6.45, 7) is 6.56. The molecule has 0 fully saturated rings. The molecule has 152 valence electrons. The van der Waals surface area contributed by atoms with E-state index in [-0.39, 0.29) is 12.5 Å². The summed E-state index contributed by atoms with van der Waals surface area (Å²) in [6.07, 6.45) is 2.04. The molecule has 1 amide bonds. The Hall–Kier alpha value is -2.73. The lowest BCUT2D eigenvalue weighted by atomic mass is 10.2. The molecule has 2 aromatic rings. The Labute approximate surface area is 167 Å². The molecule has 2 N–H and O–H groups in total. The van der Waals surface area contributed by atoms with Crippen LogP contribution in [0.1, 0.15) is 26.7 Å². The summed E-state index contributed by atoms with van der Waals surface area (Å²) < 4.78 is 16.6. The van der Waals surface area contributed by atoms with Crippen molar-refractivity contribution < 1.29 is 19.0 Å². The van der Waals surface area contributed by atoms with Crippen LogP contribution in [0, 0.1) is 0 Å². The molecule has 2 aromatic carbocycles. The van der Waals surface area contributed by atoms with Crippen molar-refractivity contribution in [2.75, 3.05) is 43.6 Å². The monoisotopic (exact) mass is 386 g/mol. The highest BCUT2D eigenvalue weighted by atomic mass is 16.5. The first kappa shape index (κ1) is 21.6. The van der Waals surface area contributed by atoms with E-state index in [0.717, 1.165) is 24.3 Å². The quantitative estimate of drug-likeness (QED) is 0.502. The average molecular weight is 386 g/mol. The van der Waals surface area contributed by atoms with Gasteiger partial charge in [0.05, 0.1) is 25.4 Å². The Balaban J connectivity index is 1.82. The van der Waals surface area contributed by atoms with Crippen LogP contribution < -0.4 is 20.1 Å². The van der Waals surface area contributed by atoms with Crippen LogP contribution in [0.2, 0.25) is 0 Å². The summed E-state index contributed by atoms with van der Waals surface area (Å²) in [5, 5.41) is 6.01. The van der Waals surface area contributed by atoms with E-state index >= 15 is 0 Å². The molecule has 0 heterocycles. The van der Waals surface area contributed by atoms with Crippen LogP contribution in [-0.2, 0) is 9.53 Å². The first-order valence-corrected chi connectivity index (χ1v) is 9.79. The fraction of sp³-hybridized carbons (Fsp3) is 0.409. The highest BCUT2D eigenvalue weighted by molar-refractivity contribution is 5.95. The molecule has 0 aliphatic carbocycles. The molecule has 0 aliphatic heterocycles. The van der Waals surface area contributed by atoms with Crippen molar-refractivity contribution in [3.8, 4) is 11.5 Å². The summed E-state index contributed by atoms with van der Waals surface area (Å²) in [7, 11) is 0. The summed E-state index contributed by atoms with van der Waals surface area (Å²) in [6, 6.07) is 15.0. The highest BCUT2D eigenvalue weighted by Crippen LogP contribution is 2.24. The zero-order valence-electron chi connectivity index (χ0n) is 16.7. The van der Waals surface area contributed by atoms with Gasteiger partial charge in [-0.3, -0.25) is 4.79 Å². The zero-order chi connectivity index (χ0) is 20.0. The van der Waals surface area contributed by atoms with Crippen molar-refractivity contribution in [3.05, 3.63) is 48.5 Å². The Morgan fingerprint density at radius 1 is 0.964 bits per heavy atom. The maximum absolute atomic E-state index is 12.3. The normalized spacial score (nSPS) is 10.4. The van der Waals surface area contributed by atoms with Crippen LogP contribution >= 0.6 is 0 Å². The van der Waals surface area contributed by atoms with Gasteiger partial charge in [-0.25, -0.2) is 0 Å². The van der Waals surface area contributed by atoms with Gasteiger partial charge in [0.1, 0.15) is 18.1 Å². The number of hydrogen-bond acceptors (Lipinski definition) is 5. The third kappa shape index (κ3) is 7.88. The third-order valence-corrected chi connectivity index (χ3v) is 3.90. The van der Waals surface area contributed by atoms with E-state index in [9.17, 15) is 4.79 Å². The number of benzene rings is 2. The van der Waals surface area contributed by atoms with Crippen LogP contribution in [0.25, 0.3) is 0 Å². The minimum atomic E-state index is -0.144. The molecule has 0 aromatic heterocycles. The van der Waals surface area contributed by atoms with E-state index in [1.165, 1.54) is 0 Å². The number of nitrogens with one attached hydrogen (secondary N) is 2. The van der Waals surface area contributed by atoms with Gasteiger partial charge >= 0.3 is 0 Å². The van der Waals surface area contributed by atoms with Crippen molar-refractivity contribution in [1.82, 2.24) is 0 Å². The molecule has 0 bridgehead atoms. The van der Waals surface area contributed by atoms with Gasteiger partial charge in [-0.15, -0.1) is 0 Å². The number of unbranched alkanes of at least 4 members (excludes halogenated alkanes) is 1. The average Bonchev–Trinajstić information content (AvgIpc) is 2.71. The van der Waals surface area contributed by atoms with Crippen LogP contribution in [0.15, 0.2) is 48.5 Å². The topological polar surface area (TPSA) is 68.8 Å². The van der Waals surface area contributed by atoms with E-state index in [1.807, 2.05) is 55.5 Å². The standard InChI is InChI=1S/C22H30N2O4/c1-3-5-13-28-21-12-7-6-11-20(21)24-22(25)17-23-18-9-8-10-19(16-18)27-15-14-26-4-2/h6-12,16,23H,3-5,13-15,17H2,1-2H3,(H,24,25). The zero-order valence-corrected chi connectivity index (χ0v) is 16.7. The number of para-hydroxylation sites is 2. The number of carbonyl (C=O) groups excluding carboxylic acids is 1. The maximum Gasteiger partial charge on any atom is 0.243 e. The van der Waals surface area contributed by atoms with Crippen molar-refractivity contribution in [1.29, 1.82) is 0 Å². The molecule has 0 spiro atoms. The smallest absolute Gasteiger partial charge is 0.243 e. The first-order chi connectivity index (χ1) is 13.7. The van der Waals surface area contributed by atoms with E-state index < -0.39 is 0 Å². The van der Waals surface area contributed by atoms with Crippen LogP contribution in [0.3, 0.4) is 0 Å². The predicted octanol–water partition coefficient (Wildman–Crippen LogP) is 4.33. The molecule has 6 nitrogen and oxygen atoms in total. The summed E-state index contributed by atoms with van der Waals surface area (Å²) in [4.78, 5) is 12.3. The molecule has 0 saturated carbocycles. The predicted molar refractivity (Wildman–Crippen MR) is 112 cm³/mol. The molecule has 0 unspecified atom stereocenters. The SMILES string of the molecule is CCCCOc1ccccc1NC(=O)CNc1cccc(OCCOCC)c1. The summed E-state index contributed by atoms with van der Waals surface area (Å²) >= 11 is 0. The number of amides is 1. The lowest BCUT2D eigenvalue weighted by Gasteiger charge is -2.13. The highest BCUT2D eigenvalue weighted by Gasteiger charge is 2.08. The third-order valence-electron chi connectivity index (χ3n) is 3.90. The van der Waals surface area contributed by atoms with E-state index in [0.29, 0.717) is 37.9 Å². The Bertz CT molecular complexity index is 721. The molecular formula is C22H30N2O4. The second-order valence-corrected chi connectivity index (χ2v) is 6.17. The molecule has 0 aliphatic rings. The molecule has 6 heteroatoms. The van der Waals surface area contributed by atoms with E-state index in [1.54, 1.807) is 0 Å². The van der Waals surface area contributed by atoms with E-state index in [4.69, 9.17) is 14.2 Å². The van der Waals surface area contributed by atoms with Gasteiger partial charge in [0.15, 0.2) is 0 Å². The van der Waals surface area contributed by atoms with Crippen molar-refractivity contribution in [2.24, 2.45) is 0 Å². The fourth-order valence-corrected chi connectivity index (χ4v) is 2.46. The van der Waals surface area contributed by atoms with Gasteiger partial charge in [0.25, 0.3) is 0 Å². The molecular weight excluding hydrogens is 356 g/mol. The number of anilines is 2. The Kier molecular flexibility index (Phi) is 9.72. The van der Waals surface area contributed by atoms with Gasteiger partial charge in [-0.05, 0) is 37.6 Å². The Morgan fingerprint density at radius 3 is 2.64 bits per heavy atom. The largest absolute Gasteiger partial charge is 0.491 e. The van der Waals surface area contributed by atoms with Crippen molar-refractivity contribution >= 4 is 17.3 Å². The number of hydrogen-bond donors (Lipinski definition) is 2. The van der Waals surface area contributed by atoms with E-state index in [2.05, 4.69) is 17.6 Å². The van der Waals surface area contributed by atoms with Gasteiger partial charge in [-0.1, -0.05) is 31.5 Å². The molecule has 0 atom stereocenters. The minimum Gasteiger partial charge on any atom is -0.491 e. The molecule has 0 radical (unpaired) electrons. The van der Waals surface area contributed by atoms with Gasteiger partial charge in [0, 0.05) is 18.4 Å². The minimum absolute atomic E-state index is 0.144.